The van der Waals surface area contributed by atoms with Gasteiger partial charge in [-0.1, -0.05) is 97.0 Å². The van der Waals surface area contributed by atoms with Crippen molar-refractivity contribution >= 4 is 0 Å². The van der Waals surface area contributed by atoms with E-state index in [1.54, 1.807) is 0 Å². The predicted octanol–water partition coefficient (Wildman–Crippen LogP) is 6.63. The minimum absolute atomic E-state index is 0.183. The second kappa shape index (κ2) is 6.51. The van der Waals surface area contributed by atoms with Crippen molar-refractivity contribution < 1.29 is 0 Å². The molecule has 2 aromatic rings. The molecule has 0 aliphatic rings. The highest BCUT2D eigenvalue weighted by molar-refractivity contribution is 5.39. The van der Waals surface area contributed by atoms with Crippen molar-refractivity contribution in [1.82, 2.24) is 0 Å². The summed E-state index contributed by atoms with van der Waals surface area (Å²) in [5.74, 6) is 0.529. The van der Waals surface area contributed by atoms with Crippen molar-refractivity contribution in [1.29, 1.82) is 0 Å². The molecular formula is C23H32. The summed E-state index contributed by atoms with van der Waals surface area (Å²) >= 11 is 0. The molecule has 0 nitrogen and oxygen atoms in total. The minimum atomic E-state index is 0.183. The third-order valence-electron chi connectivity index (χ3n) is 4.64. The maximum Gasteiger partial charge on any atom is -0.0132 e. The van der Waals surface area contributed by atoms with Crippen molar-refractivity contribution in [2.75, 3.05) is 0 Å². The molecule has 0 aliphatic carbocycles. The van der Waals surface area contributed by atoms with Crippen LogP contribution in [0.2, 0.25) is 0 Å². The summed E-state index contributed by atoms with van der Waals surface area (Å²) in [6.45, 7) is 16.2. The van der Waals surface area contributed by atoms with Crippen LogP contribution in [-0.2, 0) is 17.3 Å². The molecule has 2 aromatic carbocycles. The normalized spacial score (nSPS) is 13.9. The highest BCUT2D eigenvalue weighted by Crippen LogP contribution is 2.33. The van der Waals surface area contributed by atoms with Gasteiger partial charge in [-0.3, -0.25) is 0 Å². The van der Waals surface area contributed by atoms with Gasteiger partial charge >= 0.3 is 0 Å². The van der Waals surface area contributed by atoms with Crippen molar-refractivity contribution in [3.05, 3.63) is 70.8 Å². The average molecular weight is 309 g/mol. The summed E-state index contributed by atoms with van der Waals surface area (Å²) in [5.41, 5.74) is 6.13. The van der Waals surface area contributed by atoms with Gasteiger partial charge in [0, 0.05) is 0 Å². The Labute approximate surface area is 143 Å². The van der Waals surface area contributed by atoms with Crippen LogP contribution in [0.4, 0.5) is 0 Å². The van der Waals surface area contributed by atoms with Gasteiger partial charge in [0.25, 0.3) is 0 Å². The Kier molecular flexibility index (Phi) is 5.04. The van der Waals surface area contributed by atoms with Gasteiger partial charge in [-0.05, 0) is 45.4 Å². The van der Waals surface area contributed by atoms with Gasteiger partial charge in [-0.25, -0.2) is 0 Å². The molecule has 1 unspecified atom stereocenters. The van der Waals surface area contributed by atoms with Crippen LogP contribution >= 0.6 is 0 Å². The smallest absolute Gasteiger partial charge is 0.0132 e. The second-order valence-electron chi connectivity index (χ2n) is 8.93. The van der Waals surface area contributed by atoms with Gasteiger partial charge in [0.15, 0.2) is 0 Å². The lowest BCUT2D eigenvalue weighted by Gasteiger charge is -2.27. The zero-order valence-electron chi connectivity index (χ0n) is 15.9. The Morgan fingerprint density at radius 1 is 0.739 bits per heavy atom. The molecule has 2 rings (SSSR count). The first-order chi connectivity index (χ1) is 10.6. The van der Waals surface area contributed by atoms with Crippen molar-refractivity contribution in [2.24, 2.45) is 0 Å². The second-order valence-corrected chi connectivity index (χ2v) is 8.93. The first-order valence-electron chi connectivity index (χ1n) is 8.77. The van der Waals surface area contributed by atoms with Gasteiger partial charge in [-0.15, -0.1) is 0 Å². The summed E-state index contributed by atoms with van der Waals surface area (Å²) in [5, 5.41) is 0. The van der Waals surface area contributed by atoms with Gasteiger partial charge in [0.05, 0.1) is 0 Å². The number of hydrogen-bond acceptors (Lipinski definition) is 0. The summed E-state index contributed by atoms with van der Waals surface area (Å²) in [4.78, 5) is 0. The lowest BCUT2D eigenvalue weighted by Crippen LogP contribution is -2.17. The van der Waals surface area contributed by atoms with E-state index in [4.69, 9.17) is 0 Å². The SMILES string of the molecule is CC(Cc1ccccc1)c1cc(C(C)(C)C)cc(C(C)(C)C)c1. The van der Waals surface area contributed by atoms with E-state index in [0.717, 1.165) is 6.42 Å². The third-order valence-corrected chi connectivity index (χ3v) is 4.64. The maximum atomic E-state index is 2.42. The van der Waals surface area contributed by atoms with Gasteiger partial charge < -0.3 is 0 Å². The topological polar surface area (TPSA) is 0 Å². The molecule has 0 spiro atoms. The third kappa shape index (κ3) is 4.70. The standard InChI is InChI=1S/C23H32/c1-17(13-18-11-9-8-10-12-18)19-14-20(22(2,3)4)16-21(15-19)23(5,6)7/h8-12,14-17H,13H2,1-7H3. The monoisotopic (exact) mass is 308 g/mol. The molecule has 0 N–H and O–H groups in total. The van der Waals surface area contributed by atoms with Crippen LogP contribution in [0.3, 0.4) is 0 Å². The highest BCUT2D eigenvalue weighted by atomic mass is 14.3. The molecule has 0 saturated heterocycles. The Bertz CT molecular complexity index is 604. The van der Waals surface area contributed by atoms with Crippen LogP contribution in [0.15, 0.2) is 48.5 Å². The van der Waals surface area contributed by atoms with E-state index in [9.17, 15) is 0 Å². The highest BCUT2D eigenvalue weighted by Gasteiger charge is 2.21. The number of benzene rings is 2. The quantitative estimate of drug-likeness (QED) is 0.597. The fraction of sp³-hybridized carbons (Fsp3) is 0.478. The minimum Gasteiger partial charge on any atom is -0.0622 e. The molecule has 1 atom stereocenters. The molecule has 124 valence electrons. The molecule has 0 bridgehead atoms. The van der Waals surface area contributed by atoms with Crippen LogP contribution in [0, 0.1) is 0 Å². The zero-order valence-corrected chi connectivity index (χ0v) is 15.9. The van der Waals surface area contributed by atoms with E-state index in [-0.39, 0.29) is 10.8 Å². The molecule has 0 saturated carbocycles. The van der Waals surface area contributed by atoms with E-state index in [1.807, 2.05) is 0 Å². The Morgan fingerprint density at radius 3 is 1.65 bits per heavy atom. The van der Waals surface area contributed by atoms with Crippen LogP contribution in [0.1, 0.15) is 76.6 Å². The zero-order chi connectivity index (χ0) is 17.3. The lowest BCUT2D eigenvalue weighted by molar-refractivity contribution is 0.564. The van der Waals surface area contributed by atoms with Gasteiger partial charge in [-0.2, -0.15) is 0 Å². The number of rotatable bonds is 3. The largest absolute Gasteiger partial charge is 0.0622 e. The first kappa shape index (κ1) is 17.8. The molecule has 23 heavy (non-hydrogen) atoms. The predicted molar refractivity (Wildman–Crippen MR) is 102 cm³/mol. The van der Waals surface area contributed by atoms with E-state index in [0.29, 0.717) is 5.92 Å². The molecular weight excluding hydrogens is 276 g/mol. The van der Waals surface area contributed by atoms with Gasteiger partial charge in [0.2, 0.25) is 0 Å². The molecule has 0 heterocycles. The summed E-state index contributed by atoms with van der Waals surface area (Å²) in [6, 6.07) is 18.1. The van der Waals surface area contributed by atoms with E-state index in [1.165, 1.54) is 22.3 Å². The molecule has 0 radical (unpaired) electrons. The molecule has 0 aromatic heterocycles. The van der Waals surface area contributed by atoms with Crippen LogP contribution < -0.4 is 0 Å². The molecule has 0 fully saturated rings. The van der Waals surface area contributed by atoms with Gasteiger partial charge in [0.1, 0.15) is 0 Å². The summed E-state index contributed by atoms with van der Waals surface area (Å²) < 4.78 is 0. The van der Waals surface area contributed by atoms with Crippen LogP contribution in [-0.4, -0.2) is 0 Å². The summed E-state index contributed by atoms with van der Waals surface area (Å²) in [7, 11) is 0. The average Bonchev–Trinajstić information content (AvgIpc) is 2.46. The Morgan fingerprint density at radius 2 is 1.22 bits per heavy atom. The molecule has 0 amide bonds. The maximum absolute atomic E-state index is 2.42. The van der Waals surface area contributed by atoms with E-state index >= 15 is 0 Å². The molecule has 0 heteroatoms. The van der Waals surface area contributed by atoms with Crippen molar-refractivity contribution in [3.8, 4) is 0 Å². The lowest BCUT2D eigenvalue weighted by atomic mass is 9.78. The van der Waals surface area contributed by atoms with Crippen LogP contribution in [0.25, 0.3) is 0 Å². The fourth-order valence-corrected chi connectivity index (χ4v) is 2.89. The molecule has 0 aliphatic heterocycles. The first-order valence-corrected chi connectivity index (χ1v) is 8.77. The van der Waals surface area contributed by atoms with Crippen molar-refractivity contribution in [2.45, 2.75) is 71.6 Å². The summed E-state index contributed by atoms with van der Waals surface area (Å²) in [6.07, 6.45) is 1.10. The van der Waals surface area contributed by atoms with Crippen LogP contribution in [0.5, 0.6) is 0 Å². The Balaban J connectivity index is 2.40. The van der Waals surface area contributed by atoms with E-state index in [2.05, 4.69) is 97.0 Å². The fourth-order valence-electron chi connectivity index (χ4n) is 2.89. The van der Waals surface area contributed by atoms with Crippen molar-refractivity contribution in [3.63, 3.8) is 0 Å². The number of hydrogen-bond donors (Lipinski definition) is 0. The Hall–Kier alpha value is -1.56. The van der Waals surface area contributed by atoms with E-state index < -0.39 is 0 Å².